The number of phenolic OH excluding ortho intramolecular Hbond substituents is 1. The van der Waals surface area contributed by atoms with Crippen LogP contribution in [0.1, 0.15) is 0 Å². The molecular weight excluding hydrogens is 154 g/mol. The Morgan fingerprint density at radius 2 is 1.73 bits per heavy atom. The Morgan fingerprint density at radius 3 is 2.09 bits per heavy atom. The first-order valence-electron chi connectivity index (χ1n) is 3.30. The lowest BCUT2D eigenvalue weighted by molar-refractivity contribution is 0.479. The zero-order chi connectivity index (χ0) is 7.56. The van der Waals surface area contributed by atoms with Gasteiger partial charge in [-0.3, -0.25) is 0 Å². The molecule has 0 aromatic heterocycles. The minimum atomic E-state index is -0.492. The number of para-hydroxylation sites is 1. The third-order valence-electron chi connectivity index (χ3n) is 1.44. The highest BCUT2D eigenvalue weighted by molar-refractivity contribution is 6.71. The summed E-state index contributed by atoms with van der Waals surface area (Å²) in [4.78, 5) is 0. The van der Waals surface area contributed by atoms with Gasteiger partial charge in [0, 0.05) is 0 Å². The molecule has 4 N–H and O–H groups in total. The van der Waals surface area contributed by atoms with Gasteiger partial charge < -0.3 is 11.3 Å². The van der Waals surface area contributed by atoms with Crippen molar-refractivity contribution in [3.05, 3.63) is 24.3 Å². The van der Waals surface area contributed by atoms with Crippen LogP contribution < -0.4 is 11.3 Å². The van der Waals surface area contributed by atoms with E-state index in [0.29, 0.717) is 5.75 Å². The molecule has 1 aromatic carbocycles. The fourth-order valence-corrected chi connectivity index (χ4v) is 1.92. The van der Waals surface area contributed by atoms with Crippen LogP contribution in [0.3, 0.4) is 0 Å². The molecule has 1 aromatic rings. The summed E-state index contributed by atoms with van der Waals surface area (Å²) in [6.45, 7) is 4.33. The zero-order valence-electron chi connectivity index (χ0n) is 6.96. The highest BCUT2D eigenvalue weighted by atomic mass is 28.3. The molecule has 61 valence electrons. The fraction of sp³-hybridized carbons (Fsp3) is 0.250. The summed E-state index contributed by atoms with van der Waals surface area (Å²) in [6, 6.07) is 7.55. The van der Waals surface area contributed by atoms with E-state index in [-0.39, 0.29) is 6.15 Å². The monoisotopic (exact) mass is 168 g/mol. The fourth-order valence-electron chi connectivity index (χ4n) is 0.896. The molecule has 0 heterocycles. The van der Waals surface area contributed by atoms with Crippen LogP contribution >= 0.6 is 0 Å². The van der Waals surface area contributed by atoms with Gasteiger partial charge >= 0.3 is 0 Å². The molecule has 0 fully saturated rings. The number of hydrogen-bond donors (Lipinski definition) is 2. The molecule has 3 heteroatoms. The van der Waals surface area contributed by atoms with Crippen LogP contribution in [-0.2, 0) is 0 Å². The molecule has 0 aliphatic heterocycles. The second-order valence-electron chi connectivity index (χ2n) is 2.52. The van der Waals surface area contributed by atoms with Gasteiger partial charge in [-0.05, 0) is 11.3 Å². The molecule has 0 atom stereocenters. The van der Waals surface area contributed by atoms with Crippen molar-refractivity contribution in [2.24, 2.45) is 0 Å². The Hall–Kier alpha value is -0.803. The van der Waals surface area contributed by atoms with Crippen molar-refractivity contribution in [1.82, 2.24) is 6.15 Å². The van der Waals surface area contributed by atoms with Crippen molar-refractivity contribution < 1.29 is 5.11 Å². The molecule has 0 saturated carbocycles. The molecule has 0 saturated heterocycles. The van der Waals surface area contributed by atoms with Crippen LogP contribution in [0.15, 0.2) is 24.3 Å². The van der Waals surface area contributed by atoms with E-state index in [0.717, 1.165) is 5.19 Å². The second-order valence-corrected chi connectivity index (χ2v) is 5.06. The summed E-state index contributed by atoms with van der Waals surface area (Å²) in [5.41, 5.74) is 0. The van der Waals surface area contributed by atoms with Gasteiger partial charge in [0.2, 0.25) is 0 Å². The molecule has 0 bridgehead atoms. The number of phenols is 1. The van der Waals surface area contributed by atoms with Crippen LogP contribution in [0, 0.1) is 0 Å². The lowest BCUT2D eigenvalue weighted by Gasteiger charge is -2.04. The molecule has 11 heavy (non-hydrogen) atoms. The maximum Gasteiger partial charge on any atom is 0.114 e. The third kappa shape index (κ3) is 2.36. The molecule has 1 rings (SSSR count). The van der Waals surface area contributed by atoms with Crippen LogP contribution in [-0.4, -0.2) is 13.9 Å². The first-order valence-corrected chi connectivity index (χ1v) is 5.80. The van der Waals surface area contributed by atoms with E-state index in [1.54, 1.807) is 6.07 Å². The van der Waals surface area contributed by atoms with Gasteiger partial charge in [0.05, 0.1) is 8.80 Å². The van der Waals surface area contributed by atoms with Gasteiger partial charge in [0.15, 0.2) is 0 Å². The molecule has 2 nitrogen and oxygen atoms in total. The summed E-state index contributed by atoms with van der Waals surface area (Å²) in [7, 11) is -0.492. The van der Waals surface area contributed by atoms with Crippen LogP contribution in [0.4, 0.5) is 0 Å². The van der Waals surface area contributed by atoms with Crippen molar-refractivity contribution in [3.8, 4) is 5.75 Å². The van der Waals surface area contributed by atoms with E-state index in [2.05, 4.69) is 13.1 Å². The maximum atomic E-state index is 9.31. The van der Waals surface area contributed by atoms with Crippen LogP contribution in [0.5, 0.6) is 5.75 Å². The Morgan fingerprint density at radius 1 is 1.18 bits per heavy atom. The van der Waals surface area contributed by atoms with Crippen molar-refractivity contribution in [3.63, 3.8) is 0 Å². The Labute approximate surface area is 69.1 Å². The second kappa shape index (κ2) is 4.15. The van der Waals surface area contributed by atoms with Gasteiger partial charge in [-0.15, -0.1) is 0 Å². The number of aromatic hydroxyl groups is 1. The SMILES string of the molecule is C[Si](C)c1ccccc1O.N. The van der Waals surface area contributed by atoms with Crippen LogP contribution in [0.2, 0.25) is 13.1 Å². The molecular formula is C8H14NOSi. The van der Waals surface area contributed by atoms with E-state index in [9.17, 15) is 5.11 Å². The number of benzene rings is 1. The molecule has 0 aliphatic carbocycles. The van der Waals surface area contributed by atoms with Crippen molar-refractivity contribution in [1.29, 1.82) is 0 Å². The summed E-state index contributed by atoms with van der Waals surface area (Å²) in [6.07, 6.45) is 0. The van der Waals surface area contributed by atoms with E-state index in [1.165, 1.54) is 0 Å². The Kier molecular flexibility index (Phi) is 3.85. The average Bonchev–Trinajstić information content (AvgIpc) is 1.88. The predicted molar refractivity (Wildman–Crippen MR) is 50.2 cm³/mol. The molecule has 1 radical (unpaired) electrons. The van der Waals surface area contributed by atoms with Gasteiger partial charge in [0.1, 0.15) is 5.75 Å². The van der Waals surface area contributed by atoms with Gasteiger partial charge in [-0.2, -0.15) is 0 Å². The topological polar surface area (TPSA) is 55.2 Å². The highest BCUT2D eigenvalue weighted by Gasteiger charge is 2.03. The van der Waals surface area contributed by atoms with Crippen molar-refractivity contribution in [2.75, 3.05) is 0 Å². The lowest BCUT2D eigenvalue weighted by atomic mass is 10.3. The lowest BCUT2D eigenvalue weighted by Crippen LogP contribution is -2.22. The van der Waals surface area contributed by atoms with Gasteiger partial charge in [0.25, 0.3) is 0 Å². The third-order valence-corrected chi connectivity index (χ3v) is 2.94. The molecule has 0 unspecified atom stereocenters. The zero-order valence-corrected chi connectivity index (χ0v) is 7.96. The average molecular weight is 168 g/mol. The van der Waals surface area contributed by atoms with E-state index >= 15 is 0 Å². The smallest absolute Gasteiger partial charge is 0.114 e. The Bertz CT molecular complexity index is 225. The summed E-state index contributed by atoms with van der Waals surface area (Å²) in [5, 5.41) is 10.4. The van der Waals surface area contributed by atoms with E-state index in [4.69, 9.17) is 0 Å². The minimum Gasteiger partial charge on any atom is -0.508 e. The van der Waals surface area contributed by atoms with E-state index in [1.807, 2.05) is 18.2 Å². The number of hydrogen-bond acceptors (Lipinski definition) is 2. The van der Waals surface area contributed by atoms with Crippen molar-refractivity contribution in [2.45, 2.75) is 13.1 Å². The molecule has 0 spiro atoms. The first kappa shape index (κ1) is 10.2. The first-order chi connectivity index (χ1) is 4.72. The minimum absolute atomic E-state index is 0. The van der Waals surface area contributed by atoms with Crippen molar-refractivity contribution >= 4 is 14.0 Å². The van der Waals surface area contributed by atoms with E-state index < -0.39 is 8.80 Å². The largest absolute Gasteiger partial charge is 0.508 e. The summed E-state index contributed by atoms with van der Waals surface area (Å²) in [5.74, 6) is 0.446. The molecule has 0 amide bonds. The van der Waals surface area contributed by atoms with Gasteiger partial charge in [-0.25, -0.2) is 0 Å². The normalized spacial score (nSPS) is 9.36. The number of rotatable bonds is 1. The van der Waals surface area contributed by atoms with Crippen LogP contribution in [0.25, 0.3) is 0 Å². The highest BCUT2D eigenvalue weighted by Crippen LogP contribution is 2.03. The predicted octanol–water partition coefficient (Wildman–Crippen LogP) is 1.52. The maximum absolute atomic E-state index is 9.31. The molecule has 0 aliphatic rings. The Balaban J connectivity index is 0.000001000. The standard InChI is InChI=1S/C8H11OSi.H3N/c1-10(2)8-6-4-3-5-7(8)9;/h3-6,9H,1-2H3;1H3. The summed E-state index contributed by atoms with van der Waals surface area (Å²) < 4.78 is 0. The van der Waals surface area contributed by atoms with Gasteiger partial charge in [-0.1, -0.05) is 31.3 Å². The summed E-state index contributed by atoms with van der Waals surface area (Å²) >= 11 is 0. The quantitative estimate of drug-likeness (QED) is 0.625.